The van der Waals surface area contributed by atoms with Gasteiger partial charge in [-0.2, -0.15) is 13.2 Å². The molecule has 0 spiro atoms. The van der Waals surface area contributed by atoms with E-state index < -0.39 is 29.6 Å². The molecule has 1 aromatic heterocycles. The fraction of sp³-hybridized carbons (Fsp3) is 0.188. The van der Waals surface area contributed by atoms with Crippen LogP contribution in [0, 0.1) is 0 Å². The molecule has 0 saturated carbocycles. The highest BCUT2D eigenvalue weighted by atomic mass is 35.5. The summed E-state index contributed by atoms with van der Waals surface area (Å²) in [7, 11) is 0. The summed E-state index contributed by atoms with van der Waals surface area (Å²) in [5.41, 5.74) is 4.99. The van der Waals surface area contributed by atoms with Crippen LogP contribution >= 0.6 is 11.6 Å². The van der Waals surface area contributed by atoms with E-state index in [0.29, 0.717) is 5.56 Å². The molecule has 0 saturated heterocycles. The van der Waals surface area contributed by atoms with Gasteiger partial charge in [0.1, 0.15) is 11.2 Å². The van der Waals surface area contributed by atoms with Crippen molar-refractivity contribution in [2.45, 2.75) is 18.6 Å². The number of halogens is 4. The molecular weight excluding hydrogens is 359 g/mol. The summed E-state index contributed by atoms with van der Waals surface area (Å²) in [6.07, 6.45) is -2.99. The molecular formula is C16H13ClF3N3O2. The zero-order valence-corrected chi connectivity index (χ0v) is 13.4. The van der Waals surface area contributed by atoms with Crippen molar-refractivity contribution in [3.63, 3.8) is 0 Å². The third kappa shape index (κ3) is 5.18. The number of amides is 2. The highest BCUT2D eigenvalue weighted by Gasteiger charge is 2.30. The fourth-order valence-electron chi connectivity index (χ4n) is 2.04. The minimum Gasteiger partial charge on any atom is -0.368 e. The lowest BCUT2D eigenvalue weighted by Gasteiger charge is -2.16. The molecule has 132 valence electrons. The molecule has 1 heterocycles. The van der Waals surface area contributed by atoms with Crippen LogP contribution in [0.15, 0.2) is 42.6 Å². The smallest absolute Gasteiger partial charge is 0.368 e. The van der Waals surface area contributed by atoms with E-state index in [1.165, 1.54) is 12.3 Å². The molecule has 25 heavy (non-hydrogen) atoms. The lowest BCUT2D eigenvalue weighted by atomic mass is 10.1. The first-order valence-electron chi connectivity index (χ1n) is 7.04. The Kier molecular flexibility index (Phi) is 5.63. The molecule has 0 aliphatic heterocycles. The van der Waals surface area contributed by atoms with Crippen LogP contribution in [0.4, 0.5) is 13.2 Å². The number of pyridine rings is 1. The third-order valence-corrected chi connectivity index (χ3v) is 3.58. The maximum atomic E-state index is 12.5. The van der Waals surface area contributed by atoms with Gasteiger partial charge in [0.2, 0.25) is 5.91 Å². The molecule has 5 nitrogen and oxygen atoms in total. The number of nitrogens with zero attached hydrogens (tertiary/aromatic N) is 1. The molecule has 2 rings (SSSR count). The first-order chi connectivity index (χ1) is 11.7. The second-order valence-corrected chi connectivity index (χ2v) is 5.58. The van der Waals surface area contributed by atoms with E-state index in [1.807, 2.05) is 0 Å². The topological polar surface area (TPSA) is 85.1 Å². The Balaban J connectivity index is 2.09. The first kappa shape index (κ1) is 18.7. The van der Waals surface area contributed by atoms with Crippen LogP contribution in [-0.4, -0.2) is 22.8 Å². The Morgan fingerprint density at radius 2 is 1.80 bits per heavy atom. The third-order valence-electron chi connectivity index (χ3n) is 3.35. The molecule has 0 fully saturated rings. The number of rotatable bonds is 5. The van der Waals surface area contributed by atoms with E-state index >= 15 is 0 Å². The number of hydrogen-bond donors (Lipinski definition) is 2. The number of alkyl halides is 3. The number of hydrogen-bond acceptors (Lipinski definition) is 3. The van der Waals surface area contributed by atoms with Crippen LogP contribution in [0.1, 0.15) is 21.5 Å². The van der Waals surface area contributed by atoms with Crippen molar-refractivity contribution in [3.05, 3.63) is 64.4 Å². The highest BCUT2D eigenvalue weighted by Crippen LogP contribution is 2.29. The van der Waals surface area contributed by atoms with Gasteiger partial charge in [-0.15, -0.1) is 0 Å². The first-order valence-corrected chi connectivity index (χ1v) is 7.42. The predicted octanol–water partition coefficient (Wildman–Crippen LogP) is 2.58. The van der Waals surface area contributed by atoms with Crippen molar-refractivity contribution in [1.29, 1.82) is 0 Å². The van der Waals surface area contributed by atoms with Crippen molar-refractivity contribution in [1.82, 2.24) is 10.3 Å². The van der Waals surface area contributed by atoms with Gasteiger partial charge in [-0.25, -0.2) is 4.98 Å². The van der Waals surface area contributed by atoms with Gasteiger partial charge in [-0.3, -0.25) is 9.59 Å². The maximum absolute atomic E-state index is 12.5. The molecule has 1 aromatic carbocycles. The average Bonchev–Trinajstić information content (AvgIpc) is 2.55. The number of nitrogens with two attached hydrogens (primary N) is 1. The largest absolute Gasteiger partial charge is 0.416 e. The summed E-state index contributed by atoms with van der Waals surface area (Å²) in [5.74, 6) is -1.49. The Morgan fingerprint density at radius 1 is 1.16 bits per heavy atom. The van der Waals surface area contributed by atoms with E-state index in [0.717, 1.165) is 24.3 Å². The Labute approximate surface area is 146 Å². The lowest BCUT2D eigenvalue weighted by Crippen LogP contribution is -2.45. The molecule has 3 N–H and O–H groups in total. The van der Waals surface area contributed by atoms with E-state index in [1.54, 1.807) is 6.07 Å². The van der Waals surface area contributed by atoms with Crippen molar-refractivity contribution in [2.24, 2.45) is 5.73 Å². The number of aromatic nitrogens is 1. The number of carbonyl (C=O) groups is 2. The second-order valence-electron chi connectivity index (χ2n) is 5.20. The minimum atomic E-state index is -4.49. The van der Waals surface area contributed by atoms with Gasteiger partial charge < -0.3 is 11.1 Å². The van der Waals surface area contributed by atoms with Gasteiger partial charge in [0.25, 0.3) is 5.91 Å². The van der Waals surface area contributed by atoms with E-state index in [4.69, 9.17) is 17.3 Å². The van der Waals surface area contributed by atoms with E-state index in [9.17, 15) is 22.8 Å². The van der Waals surface area contributed by atoms with Gasteiger partial charge >= 0.3 is 6.18 Å². The lowest BCUT2D eigenvalue weighted by molar-refractivity contribution is -0.137. The van der Waals surface area contributed by atoms with Crippen LogP contribution in [0.5, 0.6) is 0 Å². The summed E-state index contributed by atoms with van der Waals surface area (Å²) < 4.78 is 37.6. The normalized spacial score (nSPS) is 12.5. The summed E-state index contributed by atoms with van der Waals surface area (Å²) in [6.45, 7) is 0. The fourth-order valence-corrected chi connectivity index (χ4v) is 2.15. The number of carbonyl (C=O) groups excluding carboxylic acids is 2. The number of nitrogens with one attached hydrogen (secondary N) is 1. The number of benzene rings is 1. The standard InChI is InChI=1S/C16H13ClF3N3O2/c17-13-6-1-9(8-22-13)7-12(14(21)24)23-15(25)10-2-4-11(5-3-10)16(18,19)20/h1-6,8,12H,7H2,(H2,21,24)(H,23,25)/t12-/m0/s1. The maximum Gasteiger partial charge on any atom is 0.416 e. The molecule has 2 amide bonds. The summed E-state index contributed by atoms with van der Waals surface area (Å²) in [4.78, 5) is 27.5. The summed E-state index contributed by atoms with van der Waals surface area (Å²) >= 11 is 5.67. The zero-order chi connectivity index (χ0) is 18.6. The van der Waals surface area contributed by atoms with E-state index in [-0.39, 0.29) is 17.1 Å². The molecule has 2 aromatic rings. The molecule has 0 aliphatic carbocycles. The van der Waals surface area contributed by atoms with Crippen LogP contribution < -0.4 is 11.1 Å². The van der Waals surface area contributed by atoms with Crippen molar-refractivity contribution in [2.75, 3.05) is 0 Å². The second kappa shape index (κ2) is 7.52. The molecule has 0 unspecified atom stereocenters. The molecule has 0 radical (unpaired) electrons. The van der Waals surface area contributed by atoms with Crippen LogP contribution in [0.3, 0.4) is 0 Å². The highest BCUT2D eigenvalue weighted by molar-refractivity contribution is 6.29. The predicted molar refractivity (Wildman–Crippen MR) is 84.8 cm³/mol. The van der Waals surface area contributed by atoms with Gasteiger partial charge in [0.15, 0.2) is 0 Å². The van der Waals surface area contributed by atoms with Gasteiger partial charge in [0, 0.05) is 18.2 Å². The van der Waals surface area contributed by atoms with Crippen molar-refractivity contribution < 1.29 is 22.8 Å². The van der Waals surface area contributed by atoms with Crippen LogP contribution in [-0.2, 0) is 17.4 Å². The Bertz CT molecular complexity index is 762. The monoisotopic (exact) mass is 371 g/mol. The van der Waals surface area contributed by atoms with Crippen molar-refractivity contribution in [3.8, 4) is 0 Å². The molecule has 0 aliphatic rings. The average molecular weight is 372 g/mol. The van der Waals surface area contributed by atoms with Gasteiger partial charge in [-0.1, -0.05) is 17.7 Å². The Morgan fingerprint density at radius 3 is 2.28 bits per heavy atom. The van der Waals surface area contributed by atoms with E-state index in [2.05, 4.69) is 10.3 Å². The molecule has 1 atom stereocenters. The summed E-state index contributed by atoms with van der Waals surface area (Å²) in [6, 6.07) is 5.73. The number of primary amides is 1. The molecule has 9 heteroatoms. The zero-order valence-electron chi connectivity index (χ0n) is 12.7. The van der Waals surface area contributed by atoms with Gasteiger partial charge in [-0.05, 0) is 35.9 Å². The SMILES string of the molecule is NC(=O)[C@H](Cc1ccc(Cl)nc1)NC(=O)c1ccc(C(F)(F)F)cc1. The van der Waals surface area contributed by atoms with Crippen LogP contribution in [0.2, 0.25) is 5.15 Å². The summed E-state index contributed by atoms with van der Waals surface area (Å²) in [5, 5.41) is 2.67. The molecule has 0 bridgehead atoms. The van der Waals surface area contributed by atoms with Gasteiger partial charge in [0.05, 0.1) is 5.56 Å². The quantitative estimate of drug-likeness (QED) is 0.792. The Hall–Kier alpha value is -2.61. The van der Waals surface area contributed by atoms with Crippen LogP contribution in [0.25, 0.3) is 0 Å². The minimum absolute atomic E-state index is 0.0199. The van der Waals surface area contributed by atoms with Crippen molar-refractivity contribution >= 4 is 23.4 Å².